The molecule has 182 valence electrons. The van der Waals surface area contributed by atoms with Gasteiger partial charge in [0.25, 0.3) is 5.91 Å². The maximum absolute atomic E-state index is 12.8. The molecule has 0 saturated carbocycles. The fraction of sp³-hybridized carbons (Fsp3) is 0.200. The van der Waals surface area contributed by atoms with E-state index >= 15 is 0 Å². The Balaban J connectivity index is 1.51. The third kappa shape index (κ3) is 5.59. The number of nitrogens with zero attached hydrogens (tertiary/aromatic N) is 2. The van der Waals surface area contributed by atoms with Crippen molar-refractivity contribution in [2.24, 2.45) is 0 Å². The Morgan fingerprint density at radius 2 is 1.81 bits per heavy atom. The lowest BCUT2D eigenvalue weighted by Gasteiger charge is -2.10. The van der Waals surface area contributed by atoms with Gasteiger partial charge in [-0.15, -0.1) is 0 Å². The first-order valence-electron chi connectivity index (χ1n) is 11.8. The molecule has 0 aliphatic rings. The van der Waals surface area contributed by atoms with E-state index < -0.39 is 5.91 Å². The molecule has 0 fully saturated rings. The second-order valence-corrected chi connectivity index (χ2v) is 8.58. The van der Waals surface area contributed by atoms with Crippen molar-refractivity contribution in [1.82, 2.24) is 9.88 Å². The minimum absolute atomic E-state index is 0.0702. The van der Waals surface area contributed by atoms with E-state index in [0.717, 1.165) is 22.0 Å². The second-order valence-electron chi connectivity index (χ2n) is 8.58. The van der Waals surface area contributed by atoms with Crippen LogP contribution in [0.5, 0.6) is 11.5 Å². The van der Waals surface area contributed by atoms with Gasteiger partial charge in [0.2, 0.25) is 0 Å². The van der Waals surface area contributed by atoms with Crippen molar-refractivity contribution in [1.29, 1.82) is 5.26 Å². The minimum Gasteiger partial charge on any atom is -0.493 e. The monoisotopic (exact) mass is 479 g/mol. The van der Waals surface area contributed by atoms with Gasteiger partial charge in [-0.25, -0.2) is 0 Å². The molecule has 4 aromatic rings. The van der Waals surface area contributed by atoms with E-state index in [1.54, 1.807) is 20.3 Å². The highest BCUT2D eigenvalue weighted by atomic mass is 16.5. The average molecular weight is 480 g/mol. The summed E-state index contributed by atoms with van der Waals surface area (Å²) in [5, 5.41) is 13.6. The van der Waals surface area contributed by atoms with Gasteiger partial charge in [-0.3, -0.25) is 4.79 Å². The summed E-state index contributed by atoms with van der Waals surface area (Å²) in [7, 11) is 3.18. The van der Waals surface area contributed by atoms with Gasteiger partial charge in [-0.2, -0.15) is 5.26 Å². The highest BCUT2D eigenvalue weighted by Gasteiger charge is 2.13. The Morgan fingerprint density at radius 1 is 1.00 bits per heavy atom. The number of aryl methyl sites for hydroxylation is 1. The summed E-state index contributed by atoms with van der Waals surface area (Å²) in [6, 6.07) is 24.1. The van der Waals surface area contributed by atoms with Gasteiger partial charge < -0.3 is 19.4 Å². The van der Waals surface area contributed by atoms with Crippen LogP contribution in [0.4, 0.5) is 0 Å². The van der Waals surface area contributed by atoms with Crippen molar-refractivity contribution >= 4 is 22.9 Å². The van der Waals surface area contributed by atoms with Gasteiger partial charge in [-0.1, -0.05) is 54.1 Å². The standard InChI is InChI=1S/C30H29N3O3/c1-21-7-6-8-23(15-21)19-33-20-25(26-9-4-5-10-27(26)33)17-24(18-31)30(34)32-14-13-22-11-12-28(35-2)29(16-22)36-3/h4-12,15-17,20H,13-14,19H2,1-3H3,(H,32,34)/b24-17+. The van der Waals surface area contributed by atoms with E-state index in [4.69, 9.17) is 9.47 Å². The van der Waals surface area contributed by atoms with Crippen molar-refractivity contribution in [3.8, 4) is 17.6 Å². The van der Waals surface area contributed by atoms with Crippen LogP contribution in [0.15, 0.2) is 78.5 Å². The summed E-state index contributed by atoms with van der Waals surface area (Å²) in [6.45, 7) is 3.17. The molecule has 0 aliphatic heterocycles. The molecular weight excluding hydrogens is 450 g/mol. The highest BCUT2D eigenvalue weighted by molar-refractivity contribution is 6.04. The normalized spacial score (nSPS) is 11.2. The first kappa shape index (κ1) is 24.6. The number of hydrogen-bond acceptors (Lipinski definition) is 4. The zero-order chi connectivity index (χ0) is 25.5. The van der Waals surface area contributed by atoms with Crippen LogP contribution in [0.3, 0.4) is 0 Å². The maximum Gasteiger partial charge on any atom is 0.261 e. The molecule has 1 heterocycles. The summed E-state index contributed by atoms with van der Waals surface area (Å²) < 4.78 is 12.8. The van der Waals surface area contributed by atoms with E-state index in [9.17, 15) is 10.1 Å². The molecule has 1 amide bonds. The fourth-order valence-electron chi connectivity index (χ4n) is 4.28. The number of nitrogens with one attached hydrogen (secondary N) is 1. The van der Waals surface area contributed by atoms with Gasteiger partial charge in [0.05, 0.1) is 14.2 Å². The number of ether oxygens (including phenoxy) is 2. The first-order chi connectivity index (χ1) is 17.5. The molecule has 0 aliphatic carbocycles. The van der Waals surface area contributed by atoms with Crippen molar-refractivity contribution in [3.63, 3.8) is 0 Å². The van der Waals surface area contributed by atoms with Crippen LogP contribution < -0.4 is 14.8 Å². The van der Waals surface area contributed by atoms with Gasteiger partial charge in [0.15, 0.2) is 11.5 Å². The van der Waals surface area contributed by atoms with Gasteiger partial charge in [-0.05, 0) is 48.7 Å². The average Bonchev–Trinajstić information content (AvgIpc) is 3.24. The summed E-state index contributed by atoms with van der Waals surface area (Å²) in [6.07, 6.45) is 4.27. The lowest BCUT2D eigenvalue weighted by molar-refractivity contribution is -0.117. The van der Waals surface area contributed by atoms with Crippen LogP contribution in [-0.4, -0.2) is 31.2 Å². The molecule has 3 aromatic carbocycles. The number of carbonyl (C=O) groups is 1. The first-order valence-corrected chi connectivity index (χ1v) is 11.8. The van der Waals surface area contributed by atoms with Crippen LogP contribution in [0.1, 0.15) is 22.3 Å². The smallest absolute Gasteiger partial charge is 0.261 e. The number of para-hydroxylation sites is 1. The SMILES string of the molecule is COc1ccc(CCNC(=O)/C(C#N)=C/c2cn(Cc3cccc(C)c3)c3ccccc23)cc1OC. The quantitative estimate of drug-likeness (QED) is 0.262. The highest BCUT2D eigenvalue weighted by Crippen LogP contribution is 2.28. The van der Waals surface area contributed by atoms with Gasteiger partial charge in [0, 0.05) is 35.8 Å². The molecule has 0 bridgehead atoms. The van der Waals surface area contributed by atoms with Gasteiger partial charge >= 0.3 is 0 Å². The number of aromatic nitrogens is 1. The summed E-state index contributed by atoms with van der Waals surface area (Å²) in [5.74, 6) is 0.899. The van der Waals surface area contributed by atoms with Crippen LogP contribution in [0, 0.1) is 18.3 Å². The van der Waals surface area contributed by atoms with Crippen molar-refractivity contribution in [2.45, 2.75) is 19.9 Å². The molecule has 0 saturated heterocycles. The maximum atomic E-state index is 12.8. The number of carbonyl (C=O) groups excluding carboxylic acids is 1. The molecule has 6 nitrogen and oxygen atoms in total. The molecule has 0 unspecified atom stereocenters. The van der Waals surface area contributed by atoms with E-state index in [2.05, 4.69) is 53.2 Å². The zero-order valence-corrected chi connectivity index (χ0v) is 20.7. The van der Waals surface area contributed by atoms with Crippen LogP contribution in [-0.2, 0) is 17.8 Å². The molecule has 36 heavy (non-hydrogen) atoms. The summed E-state index contributed by atoms with van der Waals surface area (Å²) in [4.78, 5) is 12.8. The van der Waals surface area contributed by atoms with Crippen molar-refractivity contribution in [2.75, 3.05) is 20.8 Å². The Kier molecular flexibility index (Phi) is 7.72. The molecule has 1 N–H and O–H groups in total. The molecule has 0 atom stereocenters. The Hall–Kier alpha value is -4.50. The summed E-state index contributed by atoms with van der Waals surface area (Å²) in [5.41, 5.74) is 5.36. The molecule has 1 aromatic heterocycles. The topological polar surface area (TPSA) is 76.3 Å². The lowest BCUT2D eigenvalue weighted by Crippen LogP contribution is -2.26. The van der Waals surface area contributed by atoms with E-state index in [0.29, 0.717) is 31.0 Å². The number of hydrogen-bond donors (Lipinski definition) is 1. The number of methoxy groups -OCH3 is 2. The largest absolute Gasteiger partial charge is 0.493 e. The Morgan fingerprint density at radius 3 is 2.56 bits per heavy atom. The summed E-state index contributed by atoms with van der Waals surface area (Å²) >= 11 is 0. The van der Waals surface area contributed by atoms with Crippen LogP contribution in [0.25, 0.3) is 17.0 Å². The number of fused-ring (bicyclic) bond motifs is 1. The number of amides is 1. The number of benzene rings is 3. The van der Waals surface area contributed by atoms with Crippen LogP contribution in [0.2, 0.25) is 0 Å². The molecule has 4 rings (SSSR count). The number of rotatable bonds is 9. The Bertz CT molecular complexity index is 1460. The van der Waals surface area contributed by atoms with Crippen LogP contribution >= 0.6 is 0 Å². The molecule has 0 radical (unpaired) electrons. The Labute approximate surface area is 211 Å². The predicted octanol–water partition coefficient (Wildman–Crippen LogP) is 5.28. The number of nitriles is 1. The third-order valence-electron chi connectivity index (χ3n) is 6.07. The fourth-order valence-corrected chi connectivity index (χ4v) is 4.28. The third-order valence-corrected chi connectivity index (χ3v) is 6.07. The van der Waals surface area contributed by atoms with E-state index in [1.807, 2.05) is 42.6 Å². The van der Waals surface area contributed by atoms with E-state index in [1.165, 1.54) is 11.1 Å². The zero-order valence-electron chi connectivity index (χ0n) is 20.7. The molecule has 6 heteroatoms. The van der Waals surface area contributed by atoms with Crippen molar-refractivity contribution < 1.29 is 14.3 Å². The second kappa shape index (κ2) is 11.3. The minimum atomic E-state index is -0.395. The lowest BCUT2D eigenvalue weighted by atomic mass is 10.1. The molecule has 0 spiro atoms. The van der Waals surface area contributed by atoms with E-state index in [-0.39, 0.29) is 5.57 Å². The van der Waals surface area contributed by atoms with Crippen molar-refractivity contribution in [3.05, 3.63) is 101 Å². The molecular formula is C30H29N3O3. The predicted molar refractivity (Wildman–Crippen MR) is 142 cm³/mol. The van der Waals surface area contributed by atoms with Gasteiger partial charge in [0.1, 0.15) is 11.6 Å².